The highest BCUT2D eigenvalue weighted by molar-refractivity contribution is 5.96. The number of halogens is 3. The van der Waals surface area contributed by atoms with E-state index in [1.807, 2.05) is 0 Å². The maximum absolute atomic E-state index is 13.0. The molecule has 0 aliphatic heterocycles. The Labute approximate surface area is 147 Å². The van der Waals surface area contributed by atoms with E-state index in [2.05, 4.69) is 10.1 Å². The van der Waals surface area contributed by atoms with Crippen molar-refractivity contribution < 1.29 is 32.2 Å². The number of hydrogen-bond donors (Lipinski definition) is 1. The van der Waals surface area contributed by atoms with Crippen LogP contribution in [0.5, 0.6) is 5.75 Å². The molecule has 138 valence electrons. The SMILES string of the molecule is COC(=O)c1cc(CNC(=O)c2ccccc2C(F)(F)F)ccc1OC. The number of hydrogen-bond acceptors (Lipinski definition) is 4. The quantitative estimate of drug-likeness (QED) is 0.823. The summed E-state index contributed by atoms with van der Waals surface area (Å²) in [4.78, 5) is 23.9. The van der Waals surface area contributed by atoms with Gasteiger partial charge in [-0.15, -0.1) is 0 Å². The summed E-state index contributed by atoms with van der Waals surface area (Å²) >= 11 is 0. The van der Waals surface area contributed by atoms with Gasteiger partial charge in [-0.2, -0.15) is 13.2 Å². The highest BCUT2D eigenvalue weighted by Crippen LogP contribution is 2.31. The molecule has 1 N–H and O–H groups in total. The molecule has 0 bridgehead atoms. The lowest BCUT2D eigenvalue weighted by atomic mass is 10.1. The Kier molecular flexibility index (Phi) is 5.86. The zero-order chi connectivity index (χ0) is 19.3. The summed E-state index contributed by atoms with van der Waals surface area (Å²) in [7, 11) is 2.60. The second-order valence-electron chi connectivity index (χ2n) is 5.25. The van der Waals surface area contributed by atoms with E-state index in [-0.39, 0.29) is 17.9 Å². The molecule has 0 radical (unpaired) electrons. The van der Waals surface area contributed by atoms with E-state index in [0.29, 0.717) is 5.56 Å². The van der Waals surface area contributed by atoms with Gasteiger partial charge in [-0.25, -0.2) is 4.79 Å². The van der Waals surface area contributed by atoms with Crippen molar-refractivity contribution in [1.29, 1.82) is 0 Å². The fourth-order valence-corrected chi connectivity index (χ4v) is 2.34. The van der Waals surface area contributed by atoms with Crippen LogP contribution in [0.25, 0.3) is 0 Å². The summed E-state index contributed by atoms with van der Waals surface area (Å²) in [5.41, 5.74) is -0.828. The van der Waals surface area contributed by atoms with Crippen molar-refractivity contribution in [3.63, 3.8) is 0 Å². The van der Waals surface area contributed by atoms with Gasteiger partial charge in [0.25, 0.3) is 5.91 Å². The minimum Gasteiger partial charge on any atom is -0.496 e. The molecule has 0 atom stereocenters. The van der Waals surface area contributed by atoms with Crippen LogP contribution >= 0.6 is 0 Å². The molecule has 5 nitrogen and oxygen atoms in total. The fraction of sp³-hybridized carbons (Fsp3) is 0.222. The van der Waals surface area contributed by atoms with E-state index in [1.54, 1.807) is 6.07 Å². The molecule has 2 rings (SSSR count). The van der Waals surface area contributed by atoms with Gasteiger partial charge in [0.1, 0.15) is 11.3 Å². The van der Waals surface area contributed by atoms with Crippen molar-refractivity contribution in [1.82, 2.24) is 5.32 Å². The Bertz CT molecular complexity index is 818. The van der Waals surface area contributed by atoms with Crippen LogP contribution in [0.2, 0.25) is 0 Å². The fourth-order valence-electron chi connectivity index (χ4n) is 2.34. The Balaban J connectivity index is 2.20. The molecule has 26 heavy (non-hydrogen) atoms. The third-order valence-electron chi connectivity index (χ3n) is 3.60. The average Bonchev–Trinajstić information content (AvgIpc) is 2.64. The molecule has 0 fully saturated rings. The molecule has 1 amide bonds. The second kappa shape index (κ2) is 7.90. The first kappa shape index (κ1) is 19.3. The molecule has 0 saturated heterocycles. The smallest absolute Gasteiger partial charge is 0.417 e. The predicted octanol–water partition coefficient (Wildman–Crippen LogP) is 3.43. The molecule has 0 aliphatic rings. The lowest BCUT2D eigenvalue weighted by Gasteiger charge is -2.13. The van der Waals surface area contributed by atoms with Crippen molar-refractivity contribution in [2.75, 3.05) is 14.2 Å². The Morgan fingerprint density at radius 1 is 1.04 bits per heavy atom. The topological polar surface area (TPSA) is 64.6 Å². The predicted molar refractivity (Wildman–Crippen MR) is 86.9 cm³/mol. The van der Waals surface area contributed by atoms with Gasteiger partial charge in [-0.3, -0.25) is 4.79 Å². The maximum Gasteiger partial charge on any atom is 0.417 e. The molecule has 0 aromatic heterocycles. The van der Waals surface area contributed by atoms with Crippen molar-refractivity contribution in [2.45, 2.75) is 12.7 Å². The number of carbonyl (C=O) groups excluding carboxylic acids is 2. The third-order valence-corrected chi connectivity index (χ3v) is 3.60. The standard InChI is InChI=1S/C18H16F3NO4/c1-25-15-8-7-11(9-13(15)17(24)26-2)10-22-16(23)12-5-3-4-6-14(12)18(19,20)21/h3-9H,10H2,1-2H3,(H,22,23). The molecule has 0 heterocycles. The minimum absolute atomic E-state index is 0.0704. The zero-order valence-electron chi connectivity index (χ0n) is 14.0. The van der Waals surface area contributed by atoms with E-state index >= 15 is 0 Å². The number of benzene rings is 2. The monoisotopic (exact) mass is 367 g/mol. The number of alkyl halides is 3. The number of carbonyl (C=O) groups is 2. The number of rotatable bonds is 5. The van der Waals surface area contributed by atoms with Crippen LogP contribution < -0.4 is 10.1 Å². The number of methoxy groups -OCH3 is 2. The molecular weight excluding hydrogens is 351 g/mol. The lowest BCUT2D eigenvalue weighted by Crippen LogP contribution is -2.26. The summed E-state index contributed by atoms with van der Waals surface area (Å²) in [6, 6.07) is 9.06. The molecule has 8 heteroatoms. The Hall–Kier alpha value is -3.03. The third kappa shape index (κ3) is 4.33. The van der Waals surface area contributed by atoms with Gasteiger partial charge < -0.3 is 14.8 Å². The van der Waals surface area contributed by atoms with Crippen molar-refractivity contribution >= 4 is 11.9 Å². The van der Waals surface area contributed by atoms with Crippen molar-refractivity contribution in [3.8, 4) is 5.75 Å². The summed E-state index contributed by atoms with van der Waals surface area (Å²) in [6.45, 7) is -0.0704. The highest BCUT2D eigenvalue weighted by atomic mass is 19.4. The first-order valence-corrected chi connectivity index (χ1v) is 7.47. The van der Waals surface area contributed by atoms with Crippen molar-refractivity contribution in [3.05, 3.63) is 64.7 Å². The summed E-state index contributed by atoms with van der Waals surface area (Å²) in [5, 5.41) is 2.42. The number of ether oxygens (including phenoxy) is 2. The van der Waals surface area contributed by atoms with Crippen LogP contribution in [0.3, 0.4) is 0 Å². The molecule has 0 aliphatic carbocycles. The van der Waals surface area contributed by atoms with Crippen molar-refractivity contribution in [2.24, 2.45) is 0 Å². The molecule has 0 unspecified atom stereocenters. The van der Waals surface area contributed by atoms with E-state index in [9.17, 15) is 22.8 Å². The van der Waals surface area contributed by atoms with Gasteiger partial charge in [0, 0.05) is 6.54 Å². The van der Waals surface area contributed by atoms with E-state index in [1.165, 1.54) is 38.5 Å². The van der Waals surface area contributed by atoms with Crippen LogP contribution in [0.15, 0.2) is 42.5 Å². The van der Waals surface area contributed by atoms with E-state index in [4.69, 9.17) is 4.74 Å². The van der Waals surface area contributed by atoms with Gasteiger partial charge in [0.05, 0.1) is 25.3 Å². The zero-order valence-corrected chi connectivity index (χ0v) is 14.0. The average molecular weight is 367 g/mol. The second-order valence-corrected chi connectivity index (χ2v) is 5.25. The summed E-state index contributed by atoms with van der Waals surface area (Å²) < 4.78 is 48.7. The molecule has 0 spiro atoms. The lowest BCUT2D eigenvalue weighted by molar-refractivity contribution is -0.137. The van der Waals surface area contributed by atoms with Crippen LogP contribution in [-0.2, 0) is 17.5 Å². The number of nitrogens with one attached hydrogen (secondary N) is 1. The van der Waals surface area contributed by atoms with Crippen LogP contribution in [0.4, 0.5) is 13.2 Å². The number of amides is 1. The normalized spacial score (nSPS) is 11.0. The minimum atomic E-state index is -4.63. The van der Waals surface area contributed by atoms with E-state index in [0.717, 1.165) is 12.1 Å². The summed E-state index contributed by atoms with van der Waals surface area (Å²) in [6.07, 6.45) is -4.63. The van der Waals surface area contributed by atoms with Crippen LogP contribution in [0, 0.1) is 0 Å². The van der Waals surface area contributed by atoms with Crippen LogP contribution in [0.1, 0.15) is 31.8 Å². The number of esters is 1. The molecule has 0 saturated carbocycles. The highest BCUT2D eigenvalue weighted by Gasteiger charge is 2.34. The first-order valence-electron chi connectivity index (χ1n) is 7.47. The van der Waals surface area contributed by atoms with Gasteiger partial charge in [0.2, 0.25) is 0 Å². The maximum atomic E-state index is 13.0. The largest absolute Gasteiger partial charge is 0.496 e. The Morgan fingerprint density at radius 3 is 2.35 bits per heavy atom. The van der Waals surface area contributed by atoms with Crippen LogP contribution in [-0.4, -0.2) is 26.1 Å². The van der Waals surface area contributed by atoms with Gasteiger partial charge in [-0.05, 0) is 29.8 Å². The van der Waals surface area contributed by atoms with E-state index < -0.39 is 29.2 Å². The molecule has 2 aromatic carbocycles. The summed E-state index contributed by atoms with van der Waals surface area (Å²) in [5.74, 6) is -1.21. The van der Waals surface area contributed by atoms with Gasteiger partial charge in [0.15, 0.2) is 0 Å². The molecular formula is C18H16F3NO4. The van der Waals surface area contributed by atoms with Gasteiger partial charge >= 0.3 is 12.1 Å². The van der Waals surface area contributed by atoms with Gasteiger partial charge in [-0.1, -0.05) is 18.2 Å². The first-order chi connectivity index (χ1) is 12.3. The Morgan fingerprint density at radius 2 is 1.73 bits per heavy atom. The molecule has 2 aromatic rings.